The van der Waals surface area contributed by atoms with E-state index in [0.29, 0.717) is 30.9 Å². The minimum atomic E-state index is -0.349. The van der Waals surface area contributed by atoms with E-state index in [9.17, 15) is 9.90 Å². The quantitative estimate of drug-likeness (QED) is 0.235. The minimum Gasteiger partial charge on any atom is -0.505 e. The summed E-state index contributed by atoms with van der Waals surface area (Å²) in [5.41, 5.74) is 2.46. The molecule has 1 amide bonds. The number of aromatic hydroxyl groups is 1. The lowest BCUT2D eigenvalue weighted by Gasteiger charge is -2.11. The molecule has 6 heteroatoms. The largest absolute Gasteiger partial charge is 0.505 e. The summed E-state index contributed by atoms with van der Waals surface area (Å²) < 4.78 is 5.01. The Labute approximate surface area is 195 Å². The van der Waals surface area contributed by atoms with E-state index in [-0.39, 0.29) is 17.2 Å². The molecule has 3 aromatic carbocycles. The Morgan fingerprint density at radius 1 is 1.00 bits per heavy atom. The van der Waals surface area contributed by atoms with Crippen molar-refractivity contribution in [2.75, 3.05) is 20.3 Å². The highest BCUT2D eigenvalue weighted by Gasteiger charge is 2.18. The van der Waals surface area contributed by atoms with E-state index in [4.69, 9.17) is 4.74 Å². The smallest absolute Gasteiger partial charge is 0.255 e. The number of nitrogens with zero attached hydrogens (tertiary/aromatic N) is 2. The molecule has 3 aromatic rings. The van der Waals surface area contributed by atoms with E-state index in [1.54, 1.807) is 13.2 Å². The average molecular weight is 448 g/mol. The maximum Gasteiger partial charge on any atom is 0.255 e. The molecule has 3 rings (SSSR count). The van der Waals surface area contributed by atoms with Crippen LogP contribution in [0.5, 0.6) is 5.75 Å². The van der Waals surface area contributed by atoms with Gasteiger partial charge in [0.15, 0.2) is 5.75 Å². The van der Waals surface area contributed by atoms with Crippen LogP contribution in [0.15, 0.2) is 64.8 Å². The average Bonchev–Trinajstić information content (AvgIpc) is 2.84. The van der Waals surface area contributed by atoms with Crippen LogP contribution in [0.2, 0.25) is 0 Å². The third-order valence-electron chi connectivity index (χ3n) is 5.57. The van der Waals surface area contributed by atoms with Crippen LogP contribution in [0.4, 0.5) is 11.4 Å². The van der Waals surface area contributed by atoms with Crippen molar-refractivity contribution in [1.82, 2.24) is 5.32 Å². The number of unbranched alkanes of at least 4 members (excludes halogenated alkanes) is 3. The number of rotatable bonds is 12. The Hall–Kier alpha value is -3.25. The first-order chi connectivity index (χ1) is 16.1. The van der Waals surface area contributed by atoms with Crippen molar-refractivity contribution in [3.63, 3.8) is 0 Å². The van der Waals surface area contributed by atoms with Gasteiger partial charge in [0.25, 0.3) is 5.91 Å². The molecule has 33 heavy (non-hydrogen) atoms. The lowest BCUT2D eigenvalue weighted by Crippen LogP contribution is -2.25. The molecule has 0 bridgehead atoms. The molecule has 0 aliphatic carbocycles. The molecular formula is C27H33N3O3. The Morgan fingerprint density at radius 2 is 1.79 bits per heavy atom. The van der Waals surface area contributed by atoms with Crippen LogP contribution >= 0.6 is 0 Å². The lowest BCUT2D eigenvalue weighted by atomic mass is 10.0. The molecule has 6 nitrogen and oxygen atoms in total. The van der Waals surface area contributed by atoms with Gasteiger partial charge in [-0.05, 0) is 48.4 Å². The number of amides is 1. The second-order valence-electron chi connectivity index (χ2n) is 8.12. The SMILES string of the molecule is CCCCCCc1ccc(N=Nc2c(O)c(C(=O)NCCCOC)cc3ccccc23)cc1. The second-order valence-corrected chi connectivity index (χ2v) is 8.12. The number of hydrogen-bond acceptors (Lipinski definition) is 5. The van der Waals surface area contributed by atoms with Crippen LogP contribution in [0.1, 0.15) is 54.9 Å². The summed E-state index contributed by atoms with van der Waals surface area (Å²) in [5, 5.41) is 23.9. The first-order valence-electron chi connectivity index (χ1n) is 11.7. The van der Waals surface area contributed by atoms with Crippen LogP contribution in [0, 0.1) is 0 Å². The van der Waals surface area contributed by atoms with Crippen LogP contribution in [-0.4, -0.2) is 31.3 Å². The van der Waals surface area contributed by atoms with E-state index in [0.717, 1.165) is 17.2 Å². The molecular weight excluding hydrogens is 414 g/mol. The number of carbonyl (C=O) groups is 1. The predicted octanol–water partition coefficient (Wildman–Crippen LogP) is 6.85. The predicted molar refractivity (Wildman–Crippen MR) is 133 cm³/mol. The van der Waals surface area contributed by atoms with E-state index >= 15 is 0 Å². The zero-order chi connectivity index (χ0) is 23.5. The van der Waals surface area contributed by atoms with Crippen molar-refractivity contribution in [3.8, 4) is 5.75 Å². The van der Waals surface area contributed by atoms with Crippen molar-refractivity contribution in [3.05, 3.63) is 65.7 Å². The van der Waals surface area contributed by atoms with Crippen molar-refractivity contribution in [2.45, 2.75) is 45.4 Å². The Kier molecular flexibility index (Phi) is 9.39. The Balaban J connectivity index is 1.81. The lowest BCUT2D eigenvalue weighted by molar-refractivity contribution is 0.0946. The number of methoxy groups -OCH3 is 1. The minimum absolute atomic E-state index is 0.172. The van der Waals surface area contributed by atoms with Gasteiger partial charge in [0.2, 0.25) is 0 Å². The van der Waals surface area contributed by atoms with Crippen LogP contribution in [-0.2, 0) is 11.2 Å². The van der Waals surface area contributed by atoms with Gasteiger partial charge in [-0.15, -0.1) is 5.11 Å². The normalized spacial score (nSPS) is 11.3. The highest BCUT2D eigenvalue weighted by molar-refractivity contribution is 6.06. The Bertz CT molecular complexity index is 1080. The number of azo groups is 1. The first-order valence-corrected chi connectivity index (χ1v) is 11.7. The van der Waals surface area contributed by atoms with Crippen LogP contribution in [0.3, 0.4) is 0 Å². The Morgan fingerprint density at radius 3 is 2.55 bits per heavy atom. The van der Waals surface area contributed by atoms with Gasteiger partial charge >= 0.3 is 0 Å². The number of nitrogens with one attached hydrogen (secondary N) is 1. The molecule has 0 saturated carbocycles. The van der Waals surface area contributed by atoms with E-state index in [1.807, 2.05) is 36.4 Å². The highest BCUT2D eigenvalue weighted by atomic mass is 16.5. The standard InChI is InChI=1S/C27H33N3O3/c1-3-4-5-6-10-20-13-15-22(16-14-20)29-30-25-23-12-8-7-11-21(23)19-24(26(25)31)27(32)28-17-9-18-33-2/h7-8,11-16,19,31H,3-6,9-10,17-18H2,1-2H3,(H,28,32). The summed E-state index contributed by atoms with van der Waals surface area (Å²) >= 11 is 0. The van der Waals surface area contributed by atoms with E-state index in [2.05, 4.69) is 34.6 Å². The molecule has 0 aliphatic rings. The zero-order valence-electron chi connectivity index (χ0n) is 19.5. The summed E-state index contributed by atoms with van der Waals surface area (Å²) in [5.74, 6) is -0.521. The third kappa shape index (κ3) is 6.86. The second kappa shape index (κ2) is 12.7. The maximum atomic E-state index is 12.7. The summed E-state index contributed by atoms with van der Waals surface area (Å²) in [6, 6.07) is 17.2. The van der Waals surface area contributed by atoms with Crippen molar-refractivity contribution < 1.29 is 14.6 Å². The molecule has 0 aliphatic heterocycles. The van der Waals surface area contributed by atoms with Crippen molar-refractivity contribution >= 4 is 28.1 Å². The molecule has 0 saturated heterocycles. The van der Waals surface area contributed by atoms with E-state index in [1.165, 1.54) is 31.2 Å². The van der Waals surface area contributed by atoms with E-state index < -0.39 is 0 Å². The van der Waals surface area contributed by atoms with Crippen molar-refractivity contribution in [2.24, 2.45) is 10.2 Å². The maximum absolute atomic E-state index is 12.7. The summed E-state index contributed by atoms with van der Waals surface area (Å²) in [6.45, 7) is 3.23. The molecule has 0 fully saturated rings. The molecule has 2 N–H and O–H groups in total. The van der Waals surface area contributed by atoms with Gasteiger partial charge in [0.1, 0.15) is 5.69 Å². The number of ether oxygens (including phenoxy) is 1. The molecule has 0 aromatic heterocycles. The summed E-state index contributed by atoms with van der Waals surface area (Å²) in [6.07, 6.45) is 6.70. The summed E-state index contributed by atoms with van der Waals surface area (Å²) in [7, 11) is 1.62. The molecule has 0 atom stereocenters. The fraction of sp³-hybridized carbons (Fsp3) is 0.370. The number of fused-ring (bicyclic) bond motifs is 1. The van der Waals surface area contributed by atoms with Gasteiger partial charge in [-0.3, -0.25) is 4.79 Å². The highest BCUT2D eigenvalue weighted by Crippen LogP contribution is 2.39. The fourth-order valence-corrected chi connectivity index (χ4v) is 3.70. The number of benzene rings is 3. The molecule has 0 radical (unpaired) electrons. The number of phenols is 1. The number of phenolic OH excluding ortho intramolecular Hbond substituents is 1. The number of aryl methyl sites for hydroxylation is 1. The van der Waals surface area contributed by atoms with Gasteiger partial charge in [-0.2, -0.15) is 5.11 Å². The zero-order valence-corrected chi connectivity index (χ0v) is 19.5. The molecule has 0 spiro atoms. The van der Waals surface area contributed by atoms with Crippen LogP contribution in [0.25, 0.3) is 10.8 Å². The fourth-order valence-electron chi connectivity index (χ4n) is 3.70. The van der Waals surface area contributed by atoms with Gasteiger partial charge in [0.05, 0.1) is 11.3 Å². The monoisotopic (exact) mass is 447 g/mol. The molecule has 0 unspecified atom stereocenters. The number of hydrogen-bond donors (Lipinski definition) is 2. The number of carbonyl (C=O) groups excluding carboxylic acids is 1. The van der Waals surface area contributed by atoms with Gasteiger partial charge in [0, 0.05) is 25.6 Å². The van der Waals surface area contributed by atoms with Gasteiger partial charge in [-0.25, -0.2) is 0 Å². The molecule has 174 valence electrons. The summed E-state index contributed by atoms with van der Waals surface area (Å²) in [4.78, 5) is 12.7. The molecule has 0 heterocycles. The third-order valence-corrected chi connectivity index (χ3v) is 5.57. The first kappa shape index (κ1) is 24.4. The van der Waals surface area contributed by atoms with Crippen LogP contribution < -0.4 is 5.32 Å². The van der Waals surface area contributed by atoms with Crippen molar-refractivity contribution in [1.29, 1.82) is 0 Å². The topological polar surface area (TPSA) is 83.3 Å². The van der Waals surface area contributed by atoms with Gasteiger partial charge in [-0.1, -0.05) is 62.6 Å². The van der Waals surface area contributed by atoms with Gasteiger partial charge < -0.3 is 15.2 Å².